The summed E-state index contributed by atoms with van der Waals surface area (Å²) < 4.78 is 18.6. The van der Waals surface area contributed by atoms with E-state index in [0.29, 0.717) is 12.4 Å². The van der Waals surface area contributed by atoms with Gasteiger partial charge in [0.2, 0.25) is 5.91 Å². The lowest BCUT2D eigenvalue weighted by atomic mass is 10.0. The second-order valence-corrected chi connectivity index (χ2v) is 8.00. The zero-order chi connectivity index (χ0) is 20.8. The van der Waals surface area contributed by atoms with Crippen LogP contribution in [0.2, 0.25) is 0 Å². The van der Waals surface area contributed by atoms with Gasteiger partial charge in [-0.1, -0.05) is 24.6 Å². The quantitative estimate of drug-likeness (QED) is 0.790. The normalized spacial score (nSPS) is 20.8. The van der Waals surface area contributed by atoms with Gasteiger partial charge in [0.1, 0.15) is 11.6 Å². The molecule has 6 nitrogen and oxygen atoms in total. The van der Waals surface area contributed by atoms with Crippen molar-refractivity contribution in [2.75, 3.05) is 38.2 Å². The molecular weight excluding hydrogens is 383 g/mol. The van der Waals surface area contributed by atoms with E-state index < -0.39 is 0 Å². The number of morpholine rings is 1. The van der Waals surface area contributed by atoms with E-state index in [1.54, 1.807) is 12.1 Å². The number of hydrogen-bond donors (Lipinski definition) is 1. The van der Waals surface area contributed by atoms with E-state index in [1.807, 2.05) is 18.2 Å². The van der Waals surface area contributed by atoms with Crippen molar-refractivity contribution < 1.29 is 13.9 Å². The maximum absolute atomic E-state index is 13.2. The molecule has 0 radical (unpaired) electrons. The van der Waals surface area contributed by atoms with Gasteiger partial charge in [-0.25, -0.2) is 9.37 Å². The van der Waals surface area contributed by atoms with Gasteiger partial charge in [-0.15, -0.1) is 0 Å². The lowest BCUT2D eigenvalue weighted by molar-refractivity contribution is -0.122. The number of rotatable bonds is 6. The second-order valence-electron chi connectivity index (χ2n) is 8.00. The number of nitrogens with zero attached hydrogens (tertiary/aromatic N) is 3. The zero-order valence-corrected chi connectivity index (χ0v) is 17.2. The number of nitrogens with one attached hydrogen (secondary N) is 1. The molecule has 1 atom stereocenters. The van der Waals surface area contributed by atoms with Crippen LogP contribution in [0, 0.1) is 5.82 Å². The molecule has 2 fully saturated rings. The van der Waals surface area contributed by atoms with Crippen LogP contribution in [0.4, 0.5) is 10.2 Å². The van der Waals surface area contributed by atoms with Gasteiger partial charge in [-0.3, -0.25) is 14.6 Å². The lowest BCUT2D eigenvalue weighted by Crippen LogP contribution is -2.46. The predicted octanol–water partition coefficient (Wildman–Crippen LogP) is 3.05. The molecule has 0 unspecified atom stereocenters. The molecule has 0 aliphatic carbocycles. The molecule has 160 valence electrons. The van der Waals surface area contributed by atoms with Gasteiger partial charge in [0.25, 0.3) is 0 Å². The minimum Gasteiger partial charge on any atom is -0.379 e. The van der Waals surface area contributed by atoms with E-state index in [2.05, 4.69) is 20.1 Å². The molecule has 1 amide bonds. The molecule has 30 heavy (non-hydrogen) atoms. The number of carbonyl (C=O) groups is 1. The Kier molecular flexibility index (Phi) is 7.04. The largest absolute Gasteiger partial charge is 0.379 e. The smallest absolute Gasteiger partial charge is 0.242 e. The fraction of sp³-hybridized carbons (Fsp3) is 0.478. The maximum Gasteiger partial charge on any atom is 0.242 e. The molecule has 1 aromatic carbocycles. The SMILES string of the molecule is O=C(Nc1cccc(CN2CCOCC2)n1)[C@H]1CCCCN1Cc1ccc(F)cc1. The average molecular weight is 413 g/mol. The first kappa shape index (κ1) is 20.9. The van der Waals surface area contributed by atoms with Gasteiger partial charge >= 0.3 is 0 Å². The van der Waals surface area contributed by atoms with Crippen molar-refractivity contribution >= 4 is 11.7 Å². The van der Waals surface area contributed by atoms with Crippen molar-refractivity contribution in [1.82, 2.24) is 14.8 Å². The fourth-order valence-corrected chi connectivity index (χ4v) is 4.14. The number of hydrogen-bond acceptors (Lipinski definition) is 5. The Morgan fingerprint density at radius 2 is 1.87 bits per heavy atom. The van der Waals surface area contributed by atoms with E-state index >= 15 is 0 Å². The highest BCUT2D eigenvalue weighted by Crippen LogP contribution is 2.21. The first-order valence-electron chi connectivity index (χ1n) is 10.7. The summed E-state index contributed by atoms with van der Waals surface area (Å²) in [7, 11) is 0. The van der Waals surface area contributed by atoms with Crippen molar-refractivity contribution in [3.8, 4) is 0 Å². The van der Waals surface area contributed by atoms with Crippen LogP contribution in [0.1, 0.15) is 30.5 Å². The molecule has 7 heteroatoms. The molecule has 1 N–H and O–H groups in total. The van der Waals surface area contributed by atoms with E-state index in [-0.39, 0.29) is 17.8 Å². The molecular formula is C23H29FN4O2. The minimum absolute atomic E-state index is 0.0205. The number of aromatic nitrogens is 1. The van der Waals surface area contributed by atoms with Crippen molar-refractivity contribution in [1.29, 1.82) is 0 Å². The Balaban J connectivity index is 1.38. The summed E-state index contributed by atoms with van der Waals surface area (Å²) in [4.78, 5) is 22.2. The van der Waals surface area contributed by atoms with Crippen molar-refractivity contribution in [3.05, 3.63) is 59.5 Å². The average Bonchev–Trinajstić information content (AvgIpc) is 2.77. The van der Waals surface area contributed by atoms with E-state index in [1.165, 1.54) is 12.1 Å². The number of likely N-dealkylation sites (tertiary alicyclic amines) is 1. The first-order valence-corrected chi connectivity index (χ1v) is 10.7. The molecule has 1 aromatic heterocycles. The van der Waals surface area contributed by atoms with Crippen molar-refractivity contribution in [2.45, 2.75) is 38.4 Å². The Hall–Kier alpha value is -2.35. The summed E-state index contributed by atoms with van der Waals surface area (Å²) in [5.41, 5.74) is 1.96. The summed E-state index contributed by atoms with van der Waals surface area (Å²) in [5.74, 6) is 0.334. The Morgan fingerprint density at radius 1 is 1.07 bits per heavy atom. The van der Waals surface area contributed by atoms with Crippen LogP contribution >= 0.6 is 0 Å². The topological polar surface area (TPSA) is 57.7 Å². The molecule has 3 heterocycles. The van der Waals surface area contributed by atoms with E-state index in [4.69, 9.17) is 4.74 Å². The summed E-state index contributed by atoms with van der Waals surface area (Å²) in [6.45, 7) is 5.57. The van der Waals surface area contributed by atoms with Crippen LogP contribution in [0.25, 0.3) is 0 Å². The van der Waals surface area contributed by atoms with Gasteiger partial charge in [0.05, 0.1) is 24.9 Å². The highest BCUT2D eigenvalue weighted by molar-refractivity contribution is 5.94. The van der Waals surface area contributed by atoms with E-state index in [9.17, 15) is 9.18 Å². The van der Waals surface area contributed by atoms with Crippen molar-refractivity contribution in [3.63, 3.8) is 0 Å². The van der Waals surface area contributed by atoms with E-state index in [0.717, 1.165) is 69.9 Å². The zero-order valence-electron chi connectivity index (χ0n) is 17.2. The summed E-state index contributed by atoms with van der Waals surface area (Å²) >= 11 is 0. The highest BCUT2D eigenvalue weighted by Gasteiger charge is 2.29. The highest BCUT2D eigenvalue weighted by atomic mass is 19.1. The Morgan fingerprint density at radius 3 is 2.67 bits per heavy atom. The molecule has 0 bridgehead atoms. The number of amides is 1. The van der Waals surface area contributed by atoms with Gasteiger partial charge < -0.3 is 10.1 Å². The monoisotopic (exact) mass is 412 g/mol. The Labute approximate surface area is 177 Å². The van der Waals surface area contributed by atoms with Gasteiger partial charge in [0, 0.05) is 26.2 Å². The van der Waals surface area contributed by atoms with Crippen molar-refractivity contribution in [2.24, 2.45) is 0 Å². The molecule has 2 aromatic rings. The molecule has 0 spiro atoms. The lowest BCUT2D eigenvalue weighted by Gasteiger charge is -2.34. The van der Waals surface area contributed by atoms with Gasteiger partial charge in [-0.05, 0) is 49.2 Å². The molecule has 4 rings (SSSR count). The number of piperidine rings is 1. The first-order chi connectivity index (χ1) is 14.7. The van der Waals surface area contributed by atoms with Crippen LogP contribution < -0.4 is 5.32 Å². The van der Waals surface area contributed by atoms with Crippen LogP contribution in [0.5, 0.6) is 0 Å². The second kappa shape index (κ2) is 10.1. The summed E-state index contributed by atoms with van der Waals surface area (Å²) in [5, 5.41) is 3.02. The standard InChI is InChI=1S/C23H29FN4O2/c24-19-9-7-18(8-10-19)16-28-11-2-1-5-21(28)23(29)26-22-6-3-4-20(25-22)17-27-12-14-30-15-13-27/h3-4,6-10,21H,1-2,5,11-17H2,(H,25,26,29)/t21-/m1/s1. The fourth-order valence-electron chi connectivity index (χ4n) is 4.14. The maximum atomic E-state index is 13.2. The van der Waals surface area contributed by atoms with Crippen LogP contribution in [-0.4, -0.2) is 59.6 Å². The number of pyridine rings is 1. The molecule has 2 saturated heterocycles. The molecule has 0 saturated carbocycles. The van der Waals surface area contributed by atoms with Crippen LogP contribution in [0.3, 0.4) is 0 Å². The van der Waals surface area contributed by atoms with Crippen LogP contribution in [0.15, 0.2) is 42.5 Å². The number of ether oxygens (including phenoxy) is 1. The minimum atomic E-state index is -0.241. The third-order valence-corrected chi connectivity index (χ3v) is 5.76. The number of benzene rings is 1. The van der Waals surface area contributed by atoms with Gasteiger partial charge in [0.15, 0.2) is 0 Å². The molecule has 2 aliphatic heterocycles. The predicted molar refractivity (Wildman–Crippen MR) is 113 cm³/mol. The van der Waals surface area contributed by atoms with Crippen LogP contribution in [-0.2, 0) is 22.6 Å². The third kappa shape index (κ3) is 5.62. The number of halogens is 1. The summed E-state index contributed by atoms with van der Waals surface area (Å²) in [6, 6.07) is 12.1. The molecule has 2 aliphatic rings. The number of anilines is 1. The van der Waals surface area contributed by atoms with Gasteiger partial charge in [-0.2, -0.15) is 0 Å². The third-order valence-electron chi connectivity index (χ3n) is 5.76. The Bertz CT molecular complexity index is 839. The summed E-state index contributed by atoms with van der Waals surface area (Å²) in [6.07, 6.45) is 2.92. The number of carbonyl (C=O) groups excluding carboxylic acids is 1.